The van der Waals surface area contributed by atoms with E-state index >= 15 is 0 Å². The highest BCUT2D eigenvalue weighted by molar-refractivity contribution is 5.81. The number of pyridine rings is 1. The fourth-order valence-corrected chi connectivity index (χ4v) is 2.15. The molecule has 0 saturated carbocycles. The quantitative estimate of drug-likeness (QED) is 0.821. The lowest BCUT2D eigenvalue weighted by atomic mass is 9.86. The Balaban J connectivity index is 2.33. The smallest absolute Gasteiger partial charge is 0.221 e. The van der Waals surface area contributed by atoms with Gasteiger partial charge >= 0.3 is 0 Å². The molecule has 1 amide bonds. The molecule has 0 aliphatic carbocycles. The molecule has 4 heteroatoms. The highest BCUT2D eigenvalue weighted by Crippen LogP contribution is 2.35. The lowest BCUT2D eigenvalue weighted by molar-refractivity contribution is -0.119. The maximum atomic E-state index is 11.4. The zero-order valence-corrected chi connectivity index (χ0v) is 9.78. The maximum absolute atomic E-state index is 11.4. The molecular weight excluding hydrogens is 204 g/mol. The number of carbonyl (C=O) groups is 1. The van der Waals surface area contributed by atoms with E-state index in [1.54, 1.807) is 13.2 Å². The van der Waals surface area contributed by atoms with Crippen molar-refractivity contribution in [2.75, 3.05) is 7.11 Å². The highest BCUT2D eigenvalue weighted by atomic mass is 16.5. The summed E-state index contributed by atoms with van der Waals surface area (Å²) in [5, 5.41) is 2.96. The number of rotatable bonds is 2. The molecule has 1 atom stereocenters. The van der Waals surface area contributed by atoms with Gasteiger partial charge in [0.1, 0.15) is 0 Å². The minimum atomic E-state index is -0.240. The van der Waals surface area contributed by atoms with Gasteiger partial charge in [0.15, 0.2) is 0 Å². The predicted molar refractivity (Wildman–Crippen MR) is 60.4 cm³/mol. The SMILES string of the molecule is COc1cccc(C2CC(=O)NC2(C)C)n1. The molecule has 1 fully saturated rings. The number of hydrogen-bond donors (Lipinski definition) is 1. The minimum Gasteiger partial charge on any atom is -0.481 e. The summed E-state index contributed by atoms with van der Waals surface area (Å²) in [6.07, 6.45) is 0.493. The summed E-state index contributed by atoms with van der Waals surface area (Å²) in [6.45, 7) is 4.04. The van der Waals surface area contributed by atoms with Crippen LogP contribution in [-0.4, -0.2) is 23.5 Å². The van der Waals surface area contributed by atoms with Crippen LogP contribution >= 0.6 is 0 Å². The van der Waals surface area contributed by atoms with E-state index in [0.717, 1.165) is 5.69 Å². The van der Waals surface area contributed by atoms with Gasteiger partial charge in [0.25, 0.3) is 0 Å². The van der Waals surface area contributed by atoms with Gasteiger partial charge < -0.3 is 10.1 Å². The normalized spacial score (nSPS) is 22.9. The molecule has 2 heterocycles. The van der Waals surface area contributed by atoms with Crippen LogP contribution in [-0.2, 0) is 4.79 Å². The summed E-state index contributed by atoms with van der Waals surface area (Å²) >= 11 is 0. The van der Waals surface area contributed by atoms with Crippen molar-refractivity contribution < 1.29 is 9.53 Å². The van der Waals surface area contributed by atoms with Gasteiger partial charge in [-0.15, -0.1) is 0 Å². The molecule has 0 radical (unpaired) electrons. The van der Waals surface area contributed by atoms with E-state index in [0.29, 0.717) is 12.3 Å². The lowest BCUT2D eigenvalue weighted by Crippen LogP contribution is -2.38. The van der Waals surface area contributed by atoms with E-state index in [4.69, 9.17) is 4.74 Å². The molecule has 1 unspecified atom stereocenters. The number of aromatic nitrogens is 1. The first-order valence-electron chi connectivity index (χ1n) is 5.35. The highest BCUT2D eigenvalue weighted by Gasteiger charge is 2.40. The summed E-state index contributed by atoms with van der Waals surface area (Å²) < 4.78 is 5.09. The van der Waals surface area contributed by atoms with Gasteiger partial charge in [0.2, 0.25) is 11.8 Å². The largest absolute Gasteiger partial charge is 0.481 e. The Kier molecular flexibility index (Phi) is 2.58. The van der Waals surface area contributed by atoms with Crippen molar-refractivity contribution in [1.29, 1.82) is 0 Å². The Bertz CT molecular complexity index is 415. The molecule has 2 rings (SSSR count). The number of methoxy groups -OCH3 is 1. The van der Waals surface area contributed by atoms with Crippen LogP contribution in [0, 0.1) is 0 Å². The standard InChI is InChI=1S/C12H16N2O2/c1-12(2)8(7-10(15)14-12)9-5-4-6-11(13-9)16-3/h4-6,8H,7H2,1-3H3,(H,14,15). The Morgan fingerprint density at radius 2 is 2.25 bits per heavy atom. The van der Waals surface area contributed by atoms with Crippen LogP contribution < -0.4 is 10.1 Å². The van der Waals surface area contributed by atoms with Gasteiger partial charge in [-0.25, -0.2) is 4.98 Å². The van der Waals surface area contributed by atoms with Gasteiger partial charge in [0.05, 0.1) is 12.8 Å². The van der Waals surface area contributed by atoms with E-state index in [1.807, 2.05) is 26.0 Å². The van der Waals surface area contributed by atoms with Crippen molar-refractivity contribution in [3.8, 4) is 5.88 Å². The molecule has 1 N–H and O–H groups in total. The Morgan fingerprint density at radius 3 is 2.81 bits per heavy atom. The van der Waals surface area contributed by atoms with Crippen LogP contribution in [0.5, 0.6) is 5.88 Å². The molecule has 86 valence electrons. The first kappa shape index (κ1) is 10.9. The van der Waals surface area contributed by atoms with Crippen LogP contribution in [0.4, 0.5) is 0 Å². The van der Waals surface area contributed by atoms with Gasteiger partial charge in [0, 0.05) is 23.9 Å². The number of amides is 1. The van der Waals surface area contributed by atoms with Crippen LogP contribution in [0.15, 0.2) is 18.2 Å². The third-order valence-electron chi connectivity index (χ3n) is 3.03. The molecule has 1 aliphatic rings. The second-order valence-corrected chi connectivity index (χ2v) is 4.63. The first-order chi connectivity index (χ1) is 7.53. The summed E-state index contributed by atoms with van der Waals surface area (Å²) in [5.74, 6) is 0.780. The van der Waals surface area contributed by atoms with Gasteiger partial charge in [-0.05, 0) is 19.9 Å². The fraction of sp³-hybridized carbons (Fsp3) is 0.500. The predicted octanol–water partition coefficient (Wildman–Crippen LogP) is 1.47. The van der Waals surface area contributed by atoms with Crippen molar-refractivity contribution >= 4 is 5.91 Å². The zero-order chi connectivity index (χ0) is 11.8. The average molecular weight is 220 g/mol. The number of carbonyl (C=O) groups excluding carboxylic acids is 1. The van der Waals surface area contributed by atoms with Gasteiger partial charge in [-0.2, -0.15) is 0 Å². The van der Waals surface area contributed by atoms with Crippen molar-refractivity contribution in [2.24, 2.45) is 0 Å². The maximum Gasteiger partial charge on any atom is 0.221 e. The Hall–Kier alpha value is -1.58. The van der Waals surface area contributed by atoms with Crippen molar-refractivity contribution in [2.45, 2.75) is 31.7 Å². The van der Waals surface area contributed by atoms with Crippen LogP contribution in [0.25, 0.3) is 0 Å². The number of hydrogen-bond acceptors (Lipinski definition) is 3. The van der Waals surface area contributed by atoms with Crippen LogP contribution in [0.2, 0.25) is 0 Å². The second kappa shape index (κ2) is 3.77. The molecule has 0 bridgehead atoms. The Morgan fingerprint density at radius 1 is 1.50 bits per heavy atom. The molecule has 4 nitrogen and oxygen atoms in total. The third-order valence-corrected chi connectivity index (χ3v) is 3.03. The van der Waals surface area contributed by atoms with Crippen LogP contribution in [0.3, 0.4) is 0 Å². The first-order valence-corrected chi connectivity index (χ1v) is 5.35. The van der Waals surface area contributed by atoms with E-state index in [1.165, 1.54) is 0 Å². The number of ether oxygens (including phenoxy) is 1. The molecule has 0 spiro atoms. The molecule has 1 aromatic heterocycles. The second-order valence-electron chi connectivity index (χ2n) is 4.63. The van der Waals surface area contributed by atoms with E-state index in [2.05, 4.69) is 10.3 Å². The van der Waals surface area contributed by atoms with Crippen LogP contribution in [0.1, 0.15) is 31.9 Å². The van der Waals surface area contributed by atoms with Gasteiger partial charge in [-0.3, -0.25) is 4.79 Å². The van der Waals surface area contributed by atoms with Crippen molar-refractivity contribution in [3.63, 3.8) is 0 Å². The molecule has 16 heavy (non-hydrogen) atoms. The average Bonchev–Trinajstić information content (AvgIpc) is 2.52. The monoisotopic (exact) mass is 220 g/mol. The summed E-state index contributed by atoms with van der Waals surface area (Å²) in [6, 6.07) is 5.65. The molecule has 0 aromatic carbocycles. The van der Waals surface area contributed by atoms with E-state index < -0.39 is 0 Å². The van der Waals surface area contributed by atoms with E-state index in [-0.39, 0.29) is 17.4 Å². The molecule has 1 aromatic rings. The van der Waals surface area contributed by atoms with Gasteiger partial charge in [-0.1, -0.05) is 6.07 Å². The van der Waals surface area contributed by atoms with E-state index in [9.17, 15) is 4.79 Å². The Labute approximate surface area is 95.0 Å². The summed E-state index contributed by atoms with van der Waals surface area (Å²) in [7, 11) is 1.59. The molecule has 1 aliphatic heterocycles. The summed E-state index contributed by atoms with van der Waals surface area (Å²) in [4.78, 5) is 15.8. The number of nitrogens with zero attached hydrogens (tertiary/aromatic N) is 1. The number of nitrogens with one attached hydrogen (secondary N) is 1. The van der Waals surface area contributed by atoms with Crippen molar-refractivity contribution in [3.05, 3.63) is 23.9 Å². The third kappa shape index (κ3) is 1.87. The fourth-order valence-electron chi connectivity index (χ4n) is 2.15. The summed E-state index contributed by atoms with van der Waals surface area (Å²) in [5.41, 5.74) is 0.666. The molecule has 1 saturated heterocycles. The zero-order valence-electron chi connectivity index (χ0n) is 9.78. The van der Waals surface area contributed by atoms with Crippen molar-refractivity contribution in [1.82, 2.24) is 10.3 Å². The topological polar surface area (TPSA) is 51.2 Å². The lowest BCUT2D eigenvalue weighted by Gasteiger charge is -2.25. The molecular formula is C12H16N2O2. The minimum absolute atomic E-state index is 0.0830.